The van der Waals surface area contributed by atoms with Gasteiger partial charge in [0.25, 0.3) is 0 Å². The lowest BCUT2D eigenvalue weighted by Crippen LogP contribution is -2.40. The molecule has 1 aromatic carbocycles. The van der Waals surface area contributed by atoms with Crippen molar-refractivity contribution in [2.24, 2.45) is 4.99 Å². The molecule has 0 radical (unpaired) electrons. The Morgan fingerprint density at radius 2 is 2.30 bits per heavy atom. The smallest absolute Gasteiger partial charge is 0.225 e. The van der Waals surface area contributed by atoms with Crippen LogP contribution in [-0.2, 0) is 4.79 Å². The number of rotatable bonds is 4. The summed E-state index contributed by atoms with van der Waals surface area (Å²) < 4.78 is 0. The highest BCUT2D eigenvalue weighted by Gasteiger charge is 2.24. The summed E-state index contributed by atoms with van der Waals surface area (Å²) in [5.41, 5.74) is 2.07. The highest BCUT2D eigenvalue weighted by molar-refractivity contribution is 5.94. The topological polar surface area (TPSA) is 65.5 Å². The largest absolute Gasteiger partial charge is 0.356 e. The van der Waals surface area contributed by atoms with Crippen LogP contribution in [0.1, 0.15) is 17.9 Å². The van der Waals surface area contributed by atoms with Gasteiger partial charge in [-0.2, -0.15) is 0 Å². The van der Waals surface area contributed by atoms with E-state index in [0.717, 1.165) is 5.69 Å². The third-order valence-electron chi connectivity index (χ3n) is 3.26. The minimum absolute atomic E-state index is 0.0598. The molecule has 5 heteroatoms. The molecule has 1 heterocycles. The van der Waals surface area contributed by atoms with E-state index in [1.165, 1.54) is 5.56 Å². The summed E-state index contributed by atoms with van der Waals surface area (Å²) in [4.78, 5) is 15.9. The van der Waals surface area contributed by atoms with Crippen molar-refractivity contribution in [1.29, 1.82) is 0 Å². The zero-order chi connectivity index (χ0) is 14.4. The Labute approximate surface area is 119 Å². The zero-order valence-electron chi connectivity index (χ0n) is 11.6. The van der Waals surface area contributed by atoms with E-state index in [1.54, 1.807) is 13.1 Å². The number of nitrogens with zero attached hydrogens (tertiary/aromatic N) is 1. The highest BCUT2D eigenvalue weighted by Crippen LogP contribution is 2.31. The molecule has 1 unspecified atom stereocenters. The van der Waals surface area contributed by atoms with Crippen LogP contribution >= 0.6 is 0 Å². The third-order valence-corrected chi connectivity index (χ3v) is 3.26. The number of hydrogen-bond acceptors (Lipinski definition) is 2. The summed E-state index contributed by atoms with van der Waals surface area (Å²) in [6.07, 6.45) is 2.26. The van der Waals surface area contributed by atoms with E-state index in [2.05, 4.69) is 33.6 Å². The summed E-state index contributed by atoms with van der Waals surface area (Å²) in [5.74, 6) is 0.931. The second kappa shape index (κ2) is 6.75. The van der Waals surface area contributed by atoms with E-state index >= 15 is 0 Å². The third kappa shape index (κ3) is 3.38. The number of nitrogens with one attached hydrogen (secondary N) is 3. The molecule has 0 spiro atoms. The molecular formula is C15H20N4O. The monoisotopic (exact) mass is 272 g/mol. The number of aliphatic imine (C=N–C) groups is 1. The SMILES string of the molecule is C=CCNC(=NC)NCC1CC(=O)Nc2ccccc21. The fraction of sp³-hybridized carbons (Fsp3) is 0.333. The van der Waals surface area contributed by atoms with Gasteiger partial charge >= 0.3 is 0 Å². The summed E-state index contributed by atoms with van der Waals surface area (Å²) in [6, 6.07) is 7.92. The van der Waals surface area contributed by atoms with Crippen molar-refractivity contribution >= 4 is 17.6 Å². The zero-order valence-corrected chi connectivity index (χ0v) is 11.6. The Morgan fingerprint density at radius 1 is 1.50 bits per heavy atom. The van der Waals surface area contributed by atoms with Crippen LogP contribution in [0.25, 0.3) is 0 Å². The summed E-state index contributed by atoms with van der Waals surface area (Å²) in [5, 5.41) is 9.26. The van der Waals surface area contributed by atoms with Crippen LogP contribution in [0, 0.1) is 0 Å². The molecule has 0 saturated heterocycles. The second-order valence-electron chi connectivity index (χ2n) is 4.66. The van der Waals surface area contributed by atoms with Crippen molar-refractivity contribution in [3.05, 3.63) is 42.5 Å². The van der Waals surface area contributed by atoms with Crippen molar-refractivity contribution in [1.82, 2.24) is 10.6 Å². The van der Waals surface area contributed by atoms with Gasteiger partial charge in [0.2, 0.25) is 5.91 Å². The molecule has 1 aromatic rings. The first kappa shape index (κ1) is 14.1. The van der Waals surface area contributed by atoms with E-state index in [4.69, 9.17) is 0 Å². The van der Waals surface area contributed by atoms with Crippen LogP contribution in [0.3, 0.4) is 0 Å². The van der Waals surface area contributed by atoms with Crippen LogP contribution in [0.2, 0.25) is 0 Å². The maximum absolute atomic E-state index is 11.7. The lowest BCUT2D eigenvalue weighted by molar-refractivity contribution is -0.116. The van der Waals surface area contributed by atoms with Crippen LogP contribution in [0.5, 0.6) is 0 Å². The molecule has 0 bridgehead atoms. The fourth-order valence-corrected chi connectivity index (χ4v) is 2.29. The molecule has 2 rings (SSSR count). The van der Waals surface area contributed by atoms with E-state index in [9.17, 15) is 4.79 Å². The molecule has 5 nitrogen and oxygen atoms in total. The van der Waals surface area contributed by atoms with Crippen LogP contribution in [0.4, 0.5) is 5.69 Å². The first-order valence-electron chi connectivity index (χ1n) is 6.68. The minimum atomic E-state index is 0.0598. The molecule has 0 aliphatic carbocycles. The minimum Gasteiger partial charge on any atom is -0.356 e. The van der Waals surface area contributed by atoms with E-state index in [0.29, 0.717) is 25.5 Å². The van der Waals surface area contributed by atoms with Gasteiger partial charge in [-0.1, -0.05) is 24.3 Å². The van der Waals surface area contributed by atoms with Crippen molar-refractivity contribution in [3.63, 3.8) is 0 Å². The van der Waals surface area contributed by atoms with Gasteiger partial charge in [-0.05, 0) is 11.6 Å². The van der Waals surface area contributed by atoms with Gasteiger partial charge in [-0.15, -0.1) is 6.58 Å². The number of hydrogen-bond donors (Lipinski definition) is 3. The number of anilines is 1. The van der Waals surface area contributed by atoms with E-state index in [1.807, 2.05) is 18.2 Å². The molecule has 1 atom stereocenters. The summed E-state index contributed by atoms with van der Waals surface area (Å²) >= 11 is 0. The molecule has 1 amide bonds. The number of benzene rings is 1. The average molecular weight is 272 g/mol. The van der Waals surface area contributed by atoms with Crippen LogP contribution < -0.4 is 16.0 Å². The number of amides is 1. The normalized spacial score (nSPS) is 17.9. The summed E-state index contributed by atoms with van der Waals surface area (Å²) in [6.45, 7) is 4.98. The Balaban J connectivity index is 2.02. The van der Waals surface area contributed by atoms with Crippen molar-refractivity contribution in [2.45, 2.75) is 12.3 Å². The van der Waals surface area contributed by atoms with E-state index < -0.39 is 0 Å². The lowest BCUT2D eigenvalue weighted by Gasteiger charge is -2.26. The Kier molecular flexibility index (Phi) is 4.76. The number of carbonyl (C=O) groups excluding carboxylic acids is 1. The standard InChI is InChI=1S/C15H20N4O/c1-3-8-17-15(16-2)18-10-11-9-14(20)19-13-7-5-4-6-12(11)13/h3-7,11H,1,8-10H2,2H3,(H,19,20)(H2,16,17,18). The molecule has 1 aliphatic rings. The van der Waals surface area contributed by atoms with Crippen molar-refractivity contribution in [2.75, 3.05) is 25.5 Å². The first-order chi connectivity index (χ1) is 9.74. The second-order valence-corrected chi connectivity index (χ2v) is 4.66. The predicted molar refractivity (Wildman–Crippen MR) is 82.0 cm³/mol. The van der Waals surface area contributed by atoms with Gasteiger partial charge in [-0.25, -0.2) is 0 Å². The Morgan fingerprint density at radius 3 is 3.05 bits per heavy atom. The van der Waals surface area contributed by atoms with Crippen LogP contribution in [0.15, 0.2) is 41.9 Å². The van der Waals surface area contributed by atoms with Gasteiger partial charge in [0.1, 0.15) is 0 Å². The predicted octanol–water partition coefficient (Wildman–Crippen LogP) is 1.46. The van der Waals surface area contributed by atoms with Gasteiger partial charge in [-0.3, -0.25) is 9.79 Å². The van der Waals surface area contributed by atoms with E-state index in [-0.39, 0.29) is 11.8 Å². The maximum atomic E-state index is 11.7. The lowest BCUT2D eigenvalue weighted by atomic mass is 9.90. The average Bonchev–Trinajstić information content (AvgIpc) is 2.47. The molecule has 0 fully saturated rings. The summed E-state index contributed by atoms with van der Waals surface area (Å²) in [7, 11) is 1.72. The number of guanidine groups is 1. The van der Waals surface area contributed by atoms with Crippen molar-refractivity contribution in [3.8, 4) is 0 Å². The molecular weight excluding hydrogens is 252 g/mol. The molecule has 1 aliphatic heterocycles. The number of para-hydroxylation sites is 1. The highest BCUT2D eigenvalue weighted by atomic mass is 16.1. The molecule has 3 N–H and O–H groups in total. The van der Waals surface area contributed by atoms with Gasteiger partial charge in [0.05, 0.1) is 0 Å². The molecule has 106 valence electrons. The quantitative estimate of drug-likeness (QED) is 0.442. The number of fused-ring (bicyclic) bond motifs is 1. The van der Waals surface area contributed by atoms with Gasteiger partial charge in [0, 0.05) is 38.2 Å². The molecule has 20 heavy (non-hydrogen) atoms. The maximum Gasteiger partial charge on any atom is 0.225 e. The van der Waals surface area contributed by atoms with Gasteiger partial charge in [0.15, 0.2) is 5.96 Å². The van der Waals surface area contributed by atoms with Crippen molar-refractivity contribution < 1.29 is 4.79 Å². The first-order valence-corrected chi connectivity index (χ1v) is 6.68. The molecule has 0 saturated carbocycles. The van der Waals surface area contributed by atoms with Gasteiger partial charge < -0.3 is 16.0 Å². The fourth-order valence-electron chi connectivity index (χ4n) is 2.29. The Hall–Kier alpha value is -2.30. The Bertz CT molecular complexity index is 524. The molecule has 0 aromatic heterocycles. The number of carbonyl (C=O) groups is 1. The van der Waals surface area contributed by atoms with Crippen LogP contribution in [-0.4, -0.2) is 32.0 Å².